The van der Waals surface area contributed by atoms with Gasteiger partial charge in [-0.25, -0.2) is 13.5 Å². The Bertz CT molecular complexity index is 784. The van der Waals surface area contributed by atoms with Gasteiger partial charge in [0.05, 0.1) is 12.0 Å². The number of methoxy groups -OCH3 is 1. The first kappa shape index (κ1) is 21.6. The maximum atomic E-state index is 12.7. The average Bonchev–Trinajstić information content (AvgIpc) is 2.79. The van der Waals surface area contributed by atoms with Gasteiger partial charge < -0.3 is 15.0 Å². The number of benzene rings is 1. The number of nitrogens with zero attached hydrogens (tertiary/aromatic N) is 3. The molecule has 1 aromatic heterocycles. The average molecular weight is 403 g/mol. The zero-order chi connectivity index (χ0) is 20.4. The highest BCUT2D eigenvalue weighted by atomic mass is 32.2. The van der Waals surface area contributed by atoms with Crippen LogP contribution in [0.15, 0.2) is 60.1 Å². The van der Waals surface area contributed by atoms with Gasteiger partial charge in [0.1, 0.15) is 28.8 Å². The number of anilines is 2. The van der Waals surface area contributed by atoms with Gasteiger partial charge in [-0.3, -0.25) is 4.79 Å². The van der Waals surface area contributed by atoms with Gasteiger partial charge in [0.2, 0.25) is 0 Å². The monoisotopic (exact) mass is 402 g/mol. The molecule has 1 atom stereocenters. The van der Waals surface area contributed by atoms with Crippen molar-refractivity contribution >= 4 is 28.8 Å². The van der Waals surface area contributed by atoms with Crippen molar-refractivity contribution in [3.8, 4) is 5.75 Å². The molecule has 28 heavy (non-hydrogen) atoms. The lowest BCUT2D eigenvalue weighted by Gasteiger charge is -2.34. The van der Waals surface area contributed by atoms with Gasteiger partial charge in [-0.05, 0) is 36.4 Å². The molecule has 0 bridgehead atoms. The summed E-state index contributed by atoms with van der Waals surface area (Å²) in [6.07, 6.45) is 3.59. The SMILES string of the molecule is C=CC=O.CNc1ccc(S(=O)N2CCN(c3cc(OC)ccn3)CC2)cc1. The van der Waals surface area contributed by atoms with Crippen molar-refractivity contribution in [2.45, 2.75) is 4.90 Å². The van der Waals surface area contributed by atoms with Crippen molar-refractivity contribution in [1.82, 2.24) is 9.29 Å². The normalized spacial score (nSPS) is 15.0. The molecular weight excluding hydrogens is 376 g/mol. The number of hydrogen-bond donors (Lipinski definition) is 1. The van der Waals surface area contributed by atoms with Crippen molar-refractivity contribution in [3.63, 3.8) is 0 Å². The number of allylic oxidation sites excluding steroid dienone is 1. The number of carbonyl (C=O) groups is 1. The molecule has 7 nitrogen and oxygen atoms in total. The van der Waals surface area contributed by atoms with E-state index in [4.69, 9.17) is 9.53 Å². The smallest absolute Gasteiger partial charge is 0.142 e. The van der Waals surface area contributed by atoms with Gasteiger partial charge in [-0.15, -0.1) is 0 Å². The Labute approximate surface area is 168 Å². The second kappa shape index (κ2) is 11.2. The highest BCUT2D eigenvalue weighted by molar-refractivity contribution is 7.82. The molecule has 8 heteroatoms. The fourth-order valence-corrected chi connectivity index (χ4v) is 3.83. The molecule has 1 saturated heterocycles. The van der Waals surface area contributed by atoms with E-state index in [1.165, 1.54) is 6.08 Å². The predicted octanol–water partition coefficient (Wildman–Crippen LogP) is 2.35. The molecule has 1 aliphatic rings. The Morgan fingerprint density at radius 1 is 1.18 bits per heavy atom. The summed E-state index contributed by atoms with van der Waals surface area (Å²) in [6, 6.07) is 11.5. The first-order valence-corrected chi connectivity index (χ1v) is 9.99. The van der Waals surface area contributed by atoms with E-state index < -0.39 is 11.0 Å². The lowest BCUT2D eigenvalue weighted by molar-refractivity contribution is -0.104. The molecule has 3 rings (SSSR count). The number of hydrogen-bond acceptors (Lipinski definition) is 6. The number of carbonyl (C=O) groups excluding carboxylic acids is 1. The number of ether oxygens (including phenoxy) is 1. The maximum absolute atomic E-state index is 12.7. The van der Waals surface area contributed by atoms with Crippen molar-refractivity contribution in [2.24, 2.45) is 0 Å². The number of pyridine rings is 1. The molecule has 150 valence electrons. The van der Waals surface area contributed by atoms with Gasteiger partial charge in [0.25, 0.3) is 0 Å². The molecule has 1 aromatic carbocycles. The molecule has 0 radical (unpaired) electrons. The Kier molecular flexibility index (Phi) is 8.64. The van der Waals surface area contributed by atoms with Crippen molar-refractivity contribution < 1.29 is 13.7 Å². The molecule has 1 N–H and O–H groups in total. The molecule has 1 aliphatic heterocycles. The van der Waals surface area contributed by atoms with Crippen LogP contribution in [0.25, 0.3) is 0 Å². The summed E-state index contributed by atoms with van der Waals surface area (Å²) in [6.45, 7) is 6.17. The van der Waals surface area contributed by atoms with Gasteiger partial charge in [0, 0.05) is 51.2 Å². The third-order valence-electron chi connectivity index (χ3n) is 4.19. The molecule has 2 heterocycles. The summed E-state index contributed by atoms with van der Waals surface area (Å²) in [7, 11) is 2.40. The molecule has 0 amide bonds. The molecule has 2 aromatic rings. The van der Waals surface area contributed by atoms with Crippen LogP contribution in [0.5, 0.6) is 5.75 Å². The Hall–Kier alpha value is -2.71. The summed E-state index contributed by atoms with van der Waals surface area (Å²) in [5.74, 6) is 1.70. The van der Waals surface area contributed by atoms with Crippen molar-refractivity contribution in [1.29, 1.82) is 0 Å². The van der Waals surface area contributed by atoms with E-state index in [9.17, 15) is 4.21 Å². The third kappa shape index (κ3) is 5.90. The molecule has 0 saturated carbocycles. The van der Waals surface area contributed by atoms with Crippen LogP contribution in [-0.4, -0.2) is 60.1 Å². The second-order valence-electron chi connectivity index (χ2n) is 5.87. The lowest BCUT2D eigenvalue weighted by atomic mass is 10.3. The highest BCUT2D eigenvalue weighted by Crippen LogP contribution is 2.21. The van der Waals surface area contributed by atoms with Crippen LogP contribution in [0.4, 0.5) is 11.5 Å². The summed E-state index contributed by atoms with van der Waals surface area (Å²) in [4.78, 5) is 16.5. The van der Waals surface area contributed by atoms with Gasteiger partial charge >= 0.3 is 0 Å². The number of nitrogens with one attached hydrogen (secondary N) is 1. The van der Waals surface area contributed by atoms with Crippen LogP contribution in [-0.2, 0) is 15.8 Å². The largest absolute Gasteiger partial charge is 0.497 e. The fourth-order valence-electron chi connectivity index (χ4n) is 2.67. The zero-order valence-electron chi connectivity index (χ0n) is 16.2. The van der Waals surface area contributed by atoms with Crippen LogP contribution >= 0.6 is 0 Å². The van der Waals surface area contributed by atoms with Crippen molar-refractivity contribution in [3.05, 3.63) is 55.3 Å². The van der Waals surface area contributed by atoms with Crippen LogP contribution in [0.1, 0.15) is 0 Å². The van der Waals surface area contributed by atoms with E-state index in [0.717, 1.165) is 48.3 Å². The minimum absolute atomic E-state index is 0.639. The van der Waals surface area contributed by atoms with Crippen LogP contribution < -0.4 is 15.0 Å². The topological polar surface area (TPSA) is 74.8 Å². The summed E-state index contributed by atoms with van der Waals surface area (Å²) < 4.78 is 20.0. The number of aromatic nitrogens is 1. The van der Waals surface area contributed by atoms with E-state index in [1.807, 2.05) is 47.8 Å². The quantitative estimate of drug-likeness (QED) is 0.591. The molecule has 0 aliphatic carbocycles. The van der Waals surface area contributed by atoms with E-state index >= 15 is 0 Å². The minimum Gasteiger partial charge on any atom is -0.497 e. The molecule has 1 unspecified atom stereocenters. The second-order valence-corrected chi connectivity index (χ2v) is 7.35. The number of rotatable bonds is 6. The number of aldehydes is 1. The first-order chi connectivity index (χ1) is 13.6. The Balaban J connectivity index is 0.000000640. The highest BCUT2D eigenvalue weighted by Gasteiger charge is 2.23. The summed E-state index contributed by atoms with van der Waals surface area (Å²) in [5.41, 5.74) is 1.02. The molecule has 1 fully saturated rings. The summed E-state index contributed by atoms with van der Waals surface area (Å²) >= 11 is 0. The van der Waals surface area contributed by atoms with Gasteiger partial charge in [0.15, 0.2) is 0 Å². The summed E-state index contributed by atoms with van der Waals surface area (Å²) in [5, 5.41) is 3.07. The maximum Gasteiger partial charge on any atom is 0.142 e. The molecule has 0 spiro atoms. The zero-order valence-corrected chi connectivity index (χ0v) is 17.0. The van der Waals surface area contributed by atoms with Gasteiger partial charge in [-0.1, -0.05) is 6.58 Å². The lowest BCUT2D eigenvalue weighted by Crippen LogP contribution is -2.47. The van der Waals surface area contributed by atoms with E-state index in [1.54, 1.807) is 13.3 Å². The Morgan fingerprint density at radius 3 is 2.36 bits per heavy atom. The minimum atomic E-state index is -1.12. The van der Waals surface area contributed by atoms with Crippen molar-refractivity contribution in [2.75, 3.05) is 50.6 Å². The first-order valence-electron chi connectivity index (χ1n) is 8.88. The van der Waals surface area contributed by atoms with E-state index in [0.29, 0.717) is 6.29 Å². The van der Waals surface area contributed by atoms with E-state index in [-0.39, 0.29) is 0 Å². The Morgan fingerprint density at radius 2 is 1.82 bits per heavy atom. The van der Waals surface area contributed by atoms with Gasteiger partial charge in [-0.2, -0.15) is 0 Å². The predicted molar refractivity (Wildman–Crippen MR) is 113 cm³/mol. The standard InChI is InChI=1S/C17H22N4O2S.C3H4O/c1-18-14-3-5-16(6-4-14)24(22)21-11-9-20(10-12-21)17-13-15(23-2)7-8-19-17;1-2-3-4/h3-8,13,18H,9-12H2,1-2H3;2-3H,1H2. The number of piperazine rings is 1. The van der Waals surface area contributed by atoms with E-state index in [2.05, 4.69) is 21.8 Å². The van der Waals surface area contributed by atoms with Crippen LogP contribution in [0.3, 0.4) is 0 Å². The molecular formula is C20H26N4O3S. The fraction of sp³-hybridized carbons (Fsp3) is 0.300. The van der Waals surface area contributed by atoms with Crippen LogP contribution in [0.2, 0.25) is 0 Å². The third-order valence-corrected chi connectivity index (χ3v) is 5.70. The van der Waals surface area contributed by atoms with Crippen LogP contribution in [0, 0.1) is 0 Å².